The Morgan fingerprint density at radius 1 is 1.33 bits per heavy atom. The van der Waals surface area contributed by atoms with Crippen LogP contribution in [0.15, 0.2) is 23.3 Å². The van der Waals surface area contributed by atoms with Crippen molar-refractivity contribution < 1.29 is 23.9 Å². The first kappa shape index (κ1) is 17.0. The van der Waals surface area contributed by atoms with Gasteiger partial charge < -0.3 is 9.47 Å². The van der Waals surface area contributed by atoms with Gasteiger partial charge in [-0.15, -0.1) is 0 Å². The Hall–Kier alpha value is -2.02. The number of allylic oxidation sites excluding steroid dienone is 2. The second kappa shape index (κ2) is 7.12. The summed E-state index contributed by atoms with van der Waals surface area (Å²) in [5, 5.41) is 0.954. The fraction of sp³-hybridized carbons (Fsp3) is 0.462. The molecule has 0 fully saturated rings. The van der Waals surface area contributed by atoms with E-state index >= 15 is 0 Å². The zero-order valence-electron chi connectivity index (χ0n) is 12.0. The average Bonchev–Trinajstić information content (AvgIpc) is 2.41. The zero-order valence-corrected chi connectivity index (χ0v) is 12.8. The molecule has 0 aliphatic heterocycles. The van der Waals surface area contributed by atoms with Crippen LogP contribution < -0.4 is 5.43 Å². The molecule has 116 valence electrons. The molecule has 0 saturated carbocycles. The van der Waals surface area contributed by atoms with E-state index < -0.39 is 17.7 Å². The van der Waals surface area contributed by atoms with Crippen molar-refractivity contribution in [2.45, 2.75) is 26.3 Å². The van der Waals surface area contributed by atoms with Gasteiger partial charge >= 0.3 is 12.2 Å². The monoisotopic (exact) mass is 316 g/mol. The lowest BCUT2D eigenvalue weighted by Crippen LogP contribution is -2.58. The van der Waals surface area contributed by atoms with Gasteiger partial charge in [-0.1, -0.05) is 11.6 Å². The van der Waals surface area contributed by atoms with E-state index in [1.165, 1.54) is 18.2 Å². The van der Waals surface area contributed by atoms with Gasteiger partial charge in [-0.3, -0.25) is 4.79 Å². The van der Waals surface area contributed by atoms with E-state index in [1.807, 2.05) is 0 Å². The molecule has 0 saturated heterocycles. The molecule has 0 radical (unpaired) electrons. The molecule has 0 spiro atoms. The number of amides is 2. The van der Waals surface area contributed by atoms with Gasteiger partial charge in [-0.25, -0.2) is 20.0 Å². The molecule has 2 amide bonds. The zero-order chi connectivity index (χ0) is 16.0. The molecule has 1 unspecified atom stereocenters. The number of hydrazine groups is 1. The molecule has 0 aromatic carbocycles. The maximum Gasteiger partial charge on any atom is 0.429 e. The highest BCUT2D eigenvalue weighted by molar-refractivity contribution is 6.33. The number of ether oxygens (including phenoxy) is 2. The topological polar surface area (TPSA) is 84.9 Å². The van der Waals surface area contributed by atoms with E-state index in [1.54, 1.807) is 20.8 Å². The van der Waals surface area contributed by atoms with Crippen molar-refractivity contribution >= 4 is 29.6 Å². The molecule has 0 aromatic rings. The molecule has 0 bridgehead atoms. The van der Waals surface area contributed by atoms with Gasteiger partial charge in [0.05, 0.1) is 18.2 Å². The summed E-state index contributed by atoms with van der Waals surface area (Å²) in [5.74, 6) is -0.308. The van der Waals surface area contributed by atoms with Gasteiger partial charge in [0.1, 0.15) is 5.54 Å². The molecule has 1 aliphatic rings. The third kappa shape index (κ3) is 3.98. The van der Waals surface area contributed by atoms with Crippen LogP contribution in [0.2, 0.25) is 0 Å². The number of halogens is 1. The third-order valence-electron chi connectivity index (χ3n) is 2.72. The number of nitrogens with one attached hydrogen (secondary N) is 1. The maximum atomic E-state index is 12.0. The summed E-state index contributed by atoms with van der Waals surface area (Å²) in [6.45, 7) is 5.05. The number of rotatable bonds is 3. The SMILES string of the molecule is CCOC(=O)NN(C(=O)OCC)C1(C)C=CC(=O)C=C1Cl. The molecule has 0 aromatic heterocycles. The minimum Gasteiger partial charge on any atom is -0.449 e. The highest BCUT2D eigenvalue weighted by Crippen LogP contribution is 2.31. The lowest BCUT2D eigenvalue weighted by Gasteiger charge is -2.38. The van der Waals surface area contributed by atoms with Gasteiger partial charge in [-0.05, 0) is 32.9 Å². The number of hydrogen-bond donors (Lipinski definition) is 1. The second-order valence-corrected chi connectivity index (χ2v) is 4.65. The summed E-state index contributed by atoms with van der Waals surface area (Å²) in [4.78, 5) is 34.9. The molecule has 1 aliphatic carbocycles. The van der Waals surface area contributed by atoms with Gasteiger partial charge in [0.25, 0.3) is 0 Å². The summed E-state index contributed by atoms with van der Waals surface area (Å²) in [5.41, 5.74) is 1.03. The molecule has 7 nitrogen and oxygen atoms in total. The van der Waals surface area contributed by atoms with Crippen molar-refractivity contribution in [1.29, 1.82) is 0 Å². The van der Waals surface area contributed by atoms with Crippen LogP contribution in [0, 0.1) is 0 Å². The Morgan fingerprint density at radius 3 is 2.48 bits per heavy atom. The fourth-order valence-electron chi connectivity index (χ4n) is 1.62. The highest BCUT2D eigenvalue weighted by atomic mass is 35.5. The Balaban J connectivity index is 3.08. The summed E-state index contributed by atoms with van der Waals surface area (Å²) < 4.78 is 9.63. The number of carbonyl (C=O) groups is 3. The molecule has 1 rings (SSSR count). The van der Waals surface area contributed by atoms with Gasteiger partial charge in [-0.2, -0.15) is 0 Å². The first-order chi connectivity index (χ1) is 9.85. The van der Waals surface area contributed by atoms with Gasteiger partial charge in [0.15, 0.2) is 5.78 Å². The van der Waals surface area contributed by atoms with E-state index in [0.29, 0.717) is 0 Å². The Kier molecular flexibility index (Phi) is 5.78. The van der Waals surface area contributed by atoms with Crippen LogP contribution in [-0.4, -0.2) is 41.7 Å². The van der Waals surface area contributed by atoms with E-state index in [-0.39, 0.29) is 24.0 Å². The minimum atomic E-state index is -1.24. The van der Waals surface area contributed by atoms with Crippen LogP contribution in [0.3, 0.4) is 0 Å². The van der Waals surface area contributed by atoms with Gasteiger partial charge in [0.2, 0.25) is 0 Å². The Bertz CT molecular complexity index is 503. The van der Waals surface area contributed by atoms with Crippen LogP contribution in [0.1, 0.15) is 20.8 Å². The number of ketones is 1. The predicted octanol–water partition coefficient (Wildman–Crippen LogP) is 2.13. The van der Waals surface area contributed by atoms with Gasteiger partial charge in [0, 0.05) is 6.08 Å². The summed E-state index contributed by atoms with van der Waals surface area (Å²) >= 11 is 6.07. The Labute approximate surface area is 127 Å². The van der Waals surface area contributed by atoms with Crippen molar-refractivity contribution in [3.8, 4) is 0 Å². The molecule has 8 heteroatoms. The summed E-state index contributed by atoms with van der Waals surface area (Å²) in [7, 11) is 0. The second-order valence-electron chi connectivity index (χ2n) is 4.24. The van der Waals surface area contributed by atoms with E-state index in [0.717, 1.165) is 5.01 Å². The van der Waals surface area contributed by atoms with Crippen LogP contribution >= 0.6 is 11.6 Å². The molecular weight excluding hydrogens is 300 g/mol. The highest BCUT2D eigenvalue weighted by Gasteiger charge is 2.41. The quantitative estimate of drug-likeness (QED) is 0.806. The molecule has 1 atom stereocenters. The summed E-state index contributed by atoms with van der Waals surface area (Å²) in [6.07, 6.45) is 2.17. The number of carbonyl (C=O) groups excluding carboxylic acids is 3. The van der Waals surface area contributed by atoms with Crippen molar-refractivity contribution in [2.75, 3.05) is 13.2 Å². The standard InChI is InChI=1S/C13H17ClN2O5/c1-4-20-11(18)15-16(12(19)21-5-2)13(3)7-6-9(17)8-10(13)14/h6-8H,4-5H2,1-3H3,(H,15,18). The van der Waals surface area contributed by atoms with E-state index in [2.05, 4.69) is 5.43 Å². The van der Waals surface area contributed by atoms with E-state index in [9.17, 15) is 14.4 Å². The number of hydrogen-bond acceptors (Lipinski definition) is 5. The lowest BCUT2D eigenvalue weighted by atomic mass is 9.95. The third-order valence-corrected chi connectivity index (χ3v) is 3.21. The fourth-order valence-corrected chi connectivity index (χ4v) is 1.87. The van der Waals surface area contributed by atoms with Crippen LogP contribution in [0.25, 0.3) is 0 Å². The van der Waals surface area contributed by atoms with Crippen molar-refractivity contribution in [2.24, 2.45) is 0 Å². The predicted molar refractivity (Wildman–Crippen MR) is 75.5 cm³/mol. The van der Waals surface area contributed by atoms with Crippen molar-refractivity contribution in [3.05, 3.63) is 23.3 Å². The van der Waals surface area contributed by atoms with Crippen LogP contribution in [0.4, 0.5) is 9.59 Å². The van der Waals surface area contributed by atoms with Crippen molar-refractivity contribution in [1.82, 2.24) is 10.4 Å². The molecular formula is C13H17ClN2O5. The smallest absolute Gasteiger partial charge is 0.429 e. The Morgan fingerprint density at radius 2 is 1.95 bits per heavy atom. The number of nitrogens with zero attached hydrogens (tertiary/aromatic N) is 1. The summed E-state index contributed by atoms with van der Waals surface area (Å²) in [6, 6.07) is 0. The first-order valence-corrected chi connectivity index (χ1v) is 6.74. The average molecular weight is 317 g/mol. The molecule has 1 N–H and O–H groups in total. The van der Waals surface area contributed by atoms with Crippen molar-refractivity contribution in [3.63, 3.8) is 0 Å². The minimum absolute atomic E-state index is 0.0693. The molecule has 0 heterocycles. The van der Waals surface area contributed by atoms with Crippen LogP contribution in [-0.2, 0) is 14.3 Å². The lowest BCUT2D eigenvalue weighted by molar-refractivity contribution is -0.110. The largest absolute Gasteiger partial charge is 0.449 e. The van der Waals surface area contributed by atoms with Crippen LogP contribution in [0.5, 0.6) is 0 Å². The first-order valence-electron chi connectivity index (χ1n) is 6.36. The molecule has 21 heavy (non-hydrogen) atoms. The maximum absolute atomic E-state index is 12.0. The normalized spacial score (nSPS) is 20.6. The van der Waals surface area contributed by atoms with E-state index in [4.69, 9.17) is 21.1 Å².